The van der Waals surface area contributed by atoms with Crippen molar-refractivity contribution in [2.24, 2.45) is 0 Å². The van der Waals surface area contributed by atoms with E-state index in [0.717, 1.165) is 5.75 Å². The molecule has 0 saturated heterocycles. The van der Waals surface area contributed by atoms with E-state index in [9.17, 15) is 0 Å². The fourth-order valence-corrected chi connectivity index (χ4v) is 2.58. The van der Waals surface area contributed by atoms with Gasteiger partial charge in [-0.25, -0.2) is 0 Å². The fraction of sp³-hybridized carbons (Fsp3) is 0.400. The van der Waals surface area contributed by atoms with Gasteiger partial charge in [-0.15, -0.1) is 11.8 Å². The smallest absolute Gasteiger partial charge is 0.0713 e. The van der Waals surface area contributed by atoms with Crippen molar-refractivity contribution in [1.82, 2.24) is 0 Å². The third kappa shape index (κ3) is 2.27. The lowest BCUT2D eigenvalue weighted by Crippen LogP contribution is -1.89. The summed E-state index contributed by atoms with van der Waals surface area (Å²) in [6.07, 6.45) is 2.65. The molecule has 0 heterocycles. The maximum atomic E-state index is 3.71. The molecule has 0 nitrogen and oxygen atoms in total. The first-order valence-electron chi connectivity index (χ1n) is 4.15. The summed E-state index contributed by atoms with van der Waals surface area (Å²) in [5.74, 6) is 1.13. The van der Waals surface area contributed by atoms with E-state index in [-0.39, 0.29) is 0 Å². The molecule has 0 spiro atoms. The van der Waals surface area contributed by atoms with Crippen LogP contribution in [0.4, 0.5) is 0 Å². The predicted molar refractivity (Wildman–Crippen MR) is 58.6 cm³/mol. The quantitative estimate of drug-likeness (QED) is 0.727. The molecule has 1 aliphatic carbocycles. The second-order valence-electron chi connectivity index (χ2n) is 3.16. The first-order valence-corrected chi connectivity index (χ1v) is 5.93. The Morgan fingerprint density at radius 1 is 1.25 bits per heavy atom. The van der Waals surface area contributed by atoms with Gasteiger partial charge < -0.3 is 0 Å². The van der Waals surface area contributed by atoms with Gasteiger partial charge in [0, 0.05) is 5.75 Å². The van der Waals surface area contributed by atoms with Gasteiger partial charge in [0.15, 0.2) is 0 Å². The molecule has 12 heavy (non-hydrogen) atoms. The van der Waals surface area contributed by atoms with E-state index in [1.54, 1.807) is 0 Å². The highest BCUT2D eigenvalue weighted by molar-refractivity contribution is 9.12. The van der Waals surface area contributed by atoms with Crippen LogP contribution in [0.15, 0.2) is 30.3 Å². The highest BCUT2D eigenvalue weighted by Crippen LogP contribution is 2.54. The molecule has 0 radical (unpaired) electrons. The van der Waals surface area contributed by atoms with Crippen LogP contribution in [0.3, 0.4) is 0 Å². The molecular weight excluding hydrogens is 232 g/mol. The lowest BCUT2D eigenvalue weighted by Gasteiger charge is -2.05. The summed E-state index contributed by atoms with van der Waals surface area (Å²) >= 11 is 5.72. The van der Waals surface area contributed by atoms with Crippen LogP contribution < -0.4 is 0 Å². The minimum Gasteiger partial charge on any atom is -0.139 e. The molecule has 2 rings (SSSR count). The minimum absolute atomic E-state index is 0.433. The van der Waals surface area contributed by atoms with Gasteiger partial charge in [-0.1, -0.05) is 46.3 Å². The Kier molecular flexibility index (Phi) is 2.47. The average Bonchev–Trinajstić information content (AvgIpc) is 2.84. The molecule has 0 N–H and O–H groups in total. The summed E-state index contributed by atoms with van der Waals surface area (Å²) in [5.41, 5.74) is 1.42. The molecule has 2 heteroatoms. The lowest BCUT2D eigenvalue weighted by molar-refractivity contribution is 1.36. The van der Waals surface area contributed by atoms with Gasteiger partial charge in [0.1, 0.15) is 0 Å². The fourth-order valence-electron chi connectivity index (χ4n) is 1.03. The van der Waals surface area contributed by atoms with E-state index in [1.807, 2.05) is 11.8 Å². The molecule has 1 aromatic carbocycles. The number of halogens is 1. The van der Waals surface area contributed by atoms with Crippen molar-refractivity contribution >= 4 is 27.7 Å². The van der Waals surface area contributed by atoms with E-state index in [2.05, 4.69) is 46.3 Å². The summed E-state index contributed by atoms with van der Waals surface area (Å²) in [5, 5.41) is 0. The molecule has 1 aliphatic rings. The number of thioether (sulfide) groups is 1. The second kappa shape index (κ2) is 3.43. The van der Waals surface area contributed by atoms with Crippen LogP contribution in [-0.2, 0) is 5.75 Å². The van der Waals surface area contributed by atoms with Crippen LogP contribution in [0.1, 0.15) is 18.4 Å². The highest BCUT2D eigenvalue weighted by Gasteiger charge is 2.39. The number of benzene rings is 1. The molecule has 0 aromatic heterocycles. The zero-order valence-electron chi connectivity index (χ0n) is 6.79. The third-order valence-electron chi connectivity index (χ3n) is 1.98. The van der Waals surface area contributed by atoms with Gasteiger partial charge in [0.05, 0.1) is 3.66 Å². The number of hydrogen-bond donors (Lipinski definition) is 0. The molecule has 0 amide bonds. The van der Waals surface area contributed by atoms with E-state index >= 15 is 0 Å². The Hall–Kier alpha value is 0.0500. The van der Waals surface area contributed by atoms with E-state index in [4.69, 9.17) is 0 Å². The first kappa shape index (κ1) is 8.64. The molecule has 0 aliphatic heterocycles. The molecule has 64 valence electrons. The van der Waals surface area contributed by atoms with Crippen molar-refractivity contribution in [2.45, 2.75) is 22.3 Å². The van der Waals surface area contributed by atoms with Crippen molar-refractivity contribution in [3.8, 4) is 0 Å². The van der Waals surface area contributed by atoms with Gasteiger partial charge in [-0.05, 0) is 18.4 Å². The number of alkyl halides is 1. The van der Waals surface area contributed by atoms with Crippen LogP contribution >= 0.6 is 27.7 Å². The summed E-state index contributed by atoms with van der Waals surface area (Å²) in [6.45, 7) is 0. The second-order valence-corrected chi connectivity index (χ2v) is 6.56. The Labute approximate surface area is 85.9 Å². The summed E-state index contributed by atoms with van der Waals surface area (Å²) in [7, 11) is 0. The van der Waals surface area contributed by atoms with Gasteiger partial charge in [0.25, 0.3) is 0 Å². The number of rotatable bonds is 3. The van der Waals surface area contributed by atoms with Gasteiger partial charge in [0.2, 0.25) is 0 Å². The largest absolute Gasteiger partial charge is 0.139 e. The number of hydrogen-bond acceptors (Lipinski definition) is 1. The molecule has 1 saturated carbocycles. The maximum Gasteiger partial charge on any atom is 0.0713 e. The molecule has 0 atom stereocenters. The van der Waals surface area contributed by atoms with E-state index in [1.165, 1.54) is 18.4 Å². The van der Waals surface area contributed by atoms with Crippen LogP contribution in [0, 0.1) is 0 Å². The third-order valence-corrected chi connectivity index (χ3v) is 4.87. The van der Waals surface area contributed by atoms with E-state index < -0.39 is 0 Å². The molecule has 1 aromatic rings. The van der Waals surface area contributed by atoms with Crippen molar-refractivity contribution in [1.29, 1.82) is 0 Å². The van der Waals surface area contributed by atoms with Crippen LogP contribution in [0.5, 0.6) is 0 Å². The average molecular weight is 243 g/mol. The van der Waals surface area contributed by atoms with Crippen molar-refractivity contribution < 1.29 is 0 Å². The van der Waals surface area contributed by atoms with Crippen LogP contribution in [-0.4, -0.2) is 3.66 Å². The summed E-state index contributed by atoms with van der Waals surface area (Å²) in [6, 6.07) is 10.6. The predicted octanol–water partition coefficient (Wildman–Crippen LogP) is 3.80. The zero-order chi connectivity index (χ0) is 8.44. The van der Waals surface area contributed by atoms with Crippen LogP contribution in [0.2, 0.25) is 0 Å². The zero-order valence-corrected chi connectivity index (χ0v) is 9.20. The van der Waals surface area contributed by atoms with Crippen LogP contribution in [0.25, 0.3) is 0 Å². The monoisotopic (exact) mass is 242 g/mol. The maximum absolute atomic E-state index is 3.71. The normalized spacial score (nSPS) is 19.1. The first-order chi connectivity index (χ1) is 5.79. The topological polar surface area (TPSA) is 0 Å². The molecular formula is C10H11BrS. The SMILES string of the molecule is BrC1(SCc2ccccc2)CC1. The molecule has 0 unspecified atom stereocenters. The summed E-state index contributed by atoms with van der Waals surface area (Å²) in [4.78, 5) is 0. The highest BCUT2D eigenvalue weighted by atomic mass is 79.9. The Bertz CT molecular complexity index is 254. The van der Waals surface area contributed by atoms with Crippen molar-refractivity contribution in [2.75, 3.05) is 0 Å². The van der Waals surface area contributed by atoms with E-state index in [0.29, 0.717) is 3.66 Å². The van der Waals surface area contributed by atoms with Gasteiger partial charge in [-0.2, -0.15) is 0 Å². The van der Waals surface area contributed by atoms with Crippen molar-refractivity contribution in [3.05, 3.63) is 35.9 Å². The van der Waals surface area contributed by atoms with Gasteiger partial charge >= 0.3 is 0 Å². The van der Waals surface area contributed by atoms with Gasteiger partial charge in [-0.3, -0.25) is 0 Å². The summed E-state index contributed by atoms with van der Waals surface area (Å²) < 4.78 is 0.433. The Morgan fingerprint density at radius 3 is 2.50 bits per heavy atom. The standard InChI is InChI=1S/C10H11BrS/c11-10(6-7-10)12-8-9-4-2-1-3-5-9/h1-5H,6-8H2. The molecule has 0 bridgehead atoms. The minimum atomic E-state index is 0.433. The Balaban J connectivity index is 1.88. The lowest BCUT2D eigenvalue weighted by atomic mass is 10.2. The Morgan fingerprint density at radius 2 is 1.92 bits per heavy atom. The van der Waals surface area contributed by atoms with Crippen molar-refractivity contribution in [3.63, 3.8) is 0 Å². The molecule has 1 fully saturated rings.